The highest BCUT2D eigenvalue weighted by Gasteiger charge is 2.57. The number of carbonyl (C=O) groups is 1. The van der Waals surface area contributed by atoms with Crippen LogP contribution >= 0.6 is 0 Å². The van der Waals surface area contributed by atoms with Gasteiger partial charge in [0.05, 0.1) is 19.8 Å². The lowest BCUT2D eigenvalue weighted by molar-refractivity contribution is -0.259. The molecule has 0 aromatic rings. The van der Waals surface area contributed by atoms with Gasteiger partial charge in [0.25, 0.3) is 0 Å². The van der Waals surface area contributed by atoms with E-state index in [0.717, 1.165) is 6.42 Å². The Morgan fingerprint density at radius 1 is 1.40 bits per heavy atom. The zero-order valence-corrected chi connectivity index (χ0v) is 12.5. The molecule has 2 saturated heterocycles. The van der Waals surface area contributed by atoms with Crippen LogP contribution in [0.4, 0.5) is 4.79 Å². The van der Waals surface area contributed by atoms with Crippen LogP contribution in [0.25, 0.3) is 0 Å². The van der Waals surface area contributed by atoms with E-state index in [9.17, 15) is 15.0 Å². The third-order valence-electron chi connectivity index (χ3n) is 4.20. The van der Waals surface area contributed by atoms with Gasteiger partial charge >= 0.3 is 6.09 Å². The summed E-state index contributed by atoms with van der Waals surface area (Å²) in [5, 5.41) is 20.3. The van der Waals surface area contributed by atoms with Crippen molar-refractivity contribution in [3.63, 3.8) is 0 Å². The fourth-order valence-corrected chi connectivity index (χ4v) is 2.87. The van der Waals surface area contributed by atoms with E-state index in [1.165, 1.54) is 0 Å². The molecule has 1 atom stereocenters. The van der Waals surface area contributed by atoms with Gasteiger partial charge in [-0.1, -0.05) is 0 Å². The lowest BCUT2D eigenvalue weighted by atomic mass is 9.66. The van der Waals surface area contributed by atoms with Gasteiger partial charge in [-0.2, -0.15) is 0 Å². The quantitative estimate of drug-likeness (QED) is 0.784. The molecule has 6 nitrogen and oxygen atoms in total. The van der Waals surface area contributed by atoms with E-state index in [1.54, 1.807) is 4.90 Å². The summed E-state index contributed by atoms with van der Waals surface area (Å²) >= 11 is 0. The molecule has 6 heteroatoms. The van der Waals surface area contributed by atoms with Gasteiger partial charge in [-0.05, 0) is 33.6 Å². The summed E-state index contributed by atoms with van der Waals surface area (Å²) in [5.41, 5.74) is -2.30. The molecular weight excluding hydrogens is 262 g/mol. The SMILES string of the molecule is CC(C)(C)OC(=O)N1CCCC(CO)(C2(O)COC2)C1. The number of rotatable bonds is 2. The maximum absolute atomic E-state index is 12.2. The van der Waals surface area contributed by atoms with Crippen LogP contribution in [-0.4, -0.2) is 65.3 Å². The summed E-state index contributed by atoms with van der Waals surface area (Å²) in [6.45, 7) is 6.63. The van der Waals surface area contributed by atoms with E-state index in [-0.39, 0.29) is 25.9 Å². The predicted octanol–water partition coefficient (Wildman–Crippen LogP) is 0.757. The number of likely N-dealkylation sites (tertiary alicyclic amines) is 1. The van der Waals surface area contributed by atoms with Gasteiger partial charge in [0.1, 0.15) is 11.2 Å². The number of ether oxygens (including phenoxy) is 2. The number of aliphatic hydroxyl groups is 2. The first kappa shape index (κ1) is 15.5. The van der Waals surface area contributed by atoms with Crippen molar-refractivity contribution in [2.75, 3.05) is 32.9 Å². The highest BCUT2D eigenvalue weighted by Crippen LogP contribution is 2.44. The van der Waals surface area contributed by atoms with Gasteiger partial charge in [-0.3, -0.25) is 0 Å². The zero-order valence-electron chi connectivity index (χ0n) is 12.5. The zero-order chi connectivity index (χ0) is 15.0. The molecule has 0 aliphatic carbocycles. The van der Waals surface area contributed by atoms with Crippen molar-refractivity contribution in [3.05, 3.63) is 0 Å². The van der Waals surface area contributed by atoms with Gasteiger partial charge in [0, 0.05) is 18.5 Å². The minimum Gasteiger partial charge on any atom is -0.444 e. The van der Waals surface area contributed by atoms with Crippen LogP contribution in [-0.2, 0) is 9.47 Å². The first-order valence-electron chi connectivity index (χ1n) is 7.10. The average Bonchev–Trinajstić information content (AvgIpc) is 2.33. The van der Waals surface area contributed by atoms with E-state index in [1.807, 2.05) is 20.8 Å². The van der Waals surface area contributed by atoms with Crippen molar-refractivity contribution >= 4 is 6.09 Å². The van der Waals surface area contributed by atoms with Gasteiger partial charge in [0.15, 0.2) is 0 Å². The summed E-state index contributed by atoms with van der Waals surface area (Å²) in [4.78, 5) is 13.7. The second-order valence-electron chi connectivity index (χ2n) is 6.97. The van der Waals surface area contributed by atoms with Crippen LogP contribution in [0.2, 0.25) is 0 Å². The minimum atomic E-state index is -1.04. The molecule has 2 rings (SSSR count). The first-order valence-corrected chi connectivity index (χ1v) is 7.10. The van der Waals surface area contributed by atoms with Crippen LogP contribution in [0.5, 0.6) is 0 Å². The van der Waals surface area contributed by atoms with Gasteiger partial charge in [-0.25, -0.2) is 4.79 Å². The standard InChI is InChI=1S/C14H25NO5/c1-12(2,3)20-11(17)15-6-4-5-13(7-15,8-16)14(18)9-19-10-14/h16,18H,4-10H2,1-3H3. The van der Waals surface area contributed by atoms with Crippen molar-refractivity contribution < 1.29 is 24.5 Å². The molecule has 0 aromatic heterocycles. The number of aliphatic hydroxyl groups excluding tert-OH is 1. The normalized spacial score (nSPS) is 29.8. The Balaban J connectivity index is 2.09. The number of amides is 1. The van der Waals surface area contributed by atoms with Crippen molar-refractivity contribution in [1.29, 1.82) is 0 Å². The molecular formula is C14H25NO5. The number of piperidine rings is 1. The Morgan fingerprint density at radius 3 is 2.50 bits per heavy atom. The molecule has 0 spiro atoms. The number of nitrogens with zero attached hydrogens (tertiary/aromatic N) is 1. The summed E-state index contributed by atoms with van der Waals surface area (Å²) in [7, 11) is 0. The Hall–Kier alpha value is -0.850. The fourth-order valence-electron chi connectivity index (χ4n) is 2.87. The molecule has 1 amide bonds. The van der Waals surface area contributed by atoms with Crippen LogP contribution in [0.3, 0.4) is 0 Å². The summed E-state index contributed by atoms with van der Waals surface area (Å²) in [6, 6.07) is 0. The van der Waals surface area contributed by atoms with Crippen molar-refractivity contribution in [2.45, 2.75) is 44.8 Å². The van der Waals surface area contributed by atoms with Gasteiger partial charge < -0.3 is 24.6 Å². The van der Waals surface area contributed by atoms with Crippen LogP contribution in [0.15, 0.2) is 0 Å². The molecule has 2 heterocycles. The highest BCUT2D eigenvalue weighted by atomic mass is 16.6. The maximum atomic E-state index is 12.2. The third kappa shape index (κ3) is 2.77. The van der Waals surface area contributed by atoms with Crippen molar-refractivity contribution in [3.8, 4) is 0 Å². The topological polar surface area (TPSA) is 79.2 Å². The number of hydrogen-bond donors (Lipinski definition) is 2. The van der Waals surface area contributed by atoms with Crippen molar-refractivity contribution in [1.82, 2.24) is 4.90 Å². The number of hydrogen-bond acceptors (Lipinski definition) is 5. The molecule has 2 N–H and O–H groups in total. The summed E-state index contributed by atoms with van der Waals surface area (Å²) in [5.74, 6) is 0. The number of carbonyl (C=O) groups excluding carboxylic acids is 1. The van der Waals surface area contributed by atoms with E-state index >= 15 is 0 Å². The second-order valence-corrected chi connectivity index (χ2v) is 6.97. The Morgan fingerprint density at radius 2 is 2.05 bits per heavy atom. The predicted molar refractivity (Wildman–Crippen MR) is 72.3 cm³/mol. The lowest BCUT2D eigenvalue weighted by Gasteiger charge is -2.54. The first-order chi connectivity index (χ1) is 9.21. The second kappa shape index (κ2) is 5.16. The van der Waals surface area contributed by atoms with Crippen LogP contribution < -0.4 is 0 Å². The third-order valence-corrected chi connectivity index (χ3v) is 4.20. The fraction of sp³-hybridized carbons (Fsp3) is 0.929. The Kier molecular flexibility index (Phi) is 4.01. The van der Waals surface area contributed by atoms with E-state index in [4.69, 9.17) is 9.47 Å². The molecule has 2 fully saturated rings. The molecule has 116 valence electrons. The minimum absolute atomic E-state index is 0.161. The Bertz CT molecular complexity index is 374. The average molecular weight is 287 g/mol. The lowest BCUT2D eigenvalue weighted by Crippen LogP contribution is -2.68. The summed E-state index contributed by atoms with van der Waals surface area (Å²) in [6.07, 6.45) is 1.03. The largest absolute Gasteiger partial charge is 0.444 e. The molecule has 0 saturated carbocycles. The van der Waals surface area contributed by atoms with E-state index in [2.05, 4.69) is 0 Å². The molecule has 20 heavy (non-hydrogen) atoms. The van der Waals surface area contributed by atoms with E-state index < -0.39 is 16.6 Å². The maximum Gasteiger partial charge on any atom is 0.410 e. The highest BCUT2D eigenvalue weighted by molar-refractivity contribution is 5.68. The monoisotopic (exact) mass is 287 g/mol. The smallest absolute Gasteiger partial charge is 0.410 e. The molecule has 2 aliphatic heterocycles. The van der Waals surface area contributed by atoms with Gasteiger partial charge in [-0.15, -0.1) is 0 Å². The molecule has 2 aliphatic rings. The van der Waals surface area contributed by atoms with Crippen LogP contribution in [0.1, 0.15) is 33.6 Å². The van der Waals surface area contributed by atoms with E-state index in [0.29, 0.717) is 19.5 Å². The van der Waals surface area contributed by atoms with Crippen LogP contribution in [0, 0.1) is 5.41 Å². The van der Waals surface area contributed by atoms with Crippen molar-refractivity contribution in [2.24, 2.45) is 5.41 Å². The van der Waals surface area contributed by atoms with Gasteiger partial charge in [0.2, 0.25) is 0 Å². The Labute approximate surface area is 119 Å². The summed E-state index contributed by atoms with van der Waals surface area (Å²) < 4.78 is 10.5. The molecule has 0 bridgehead atoms. The molecule has 1 unspecified atom stereocenters. The molecule has 0 aromatic carbocycles. The molecule has 0 radical (unpaired) electrons.